The van der Waals surface area contributed by atoms with Crippen LogP contribution in [-0.4, -0.2) is 40.6 Å². The van der Waals surface area contributed by atoms with Crippen LogP contribution in [0.4, 0.5) is 0 Å². The van der Waals surface area contributed by atoms with E-state index < -0.39 is 10.0 Å². The second-order valence-corrected chi connectivity index (χ2v) is 7.69. The lowest BCUT2D eigenvalue weighted by molar-refractivity contribution is 0.274. The monoisotopic (exact) mass is 321 g/mol. The maximum Gasteiger partial charge on any atom is 0.260 e. The predicted octanol–water partition coefficient (Wildman–Crippen LogP) is 1.59. The van der Waals surface area contributed by atoms with E-state index in [4.69, 9.17) is 0 Å². The second kappa shape index (κ2) is 5.07. The summed E-state index contributed by atoms with van der Waals surface area (Å²) in [5.74, 6) is 0.559. The van der Waals surface area contributed by atoms with E-state index in [2.05, 4.69) is 32.8 Å². The minimum Gasteiger partial charge on any atom is -0.335 e. The van der Waals surface area contributed by atoms with Gasteiger partial charge in [0.25, 0.3) is 10.0 Å². The van der Waals surface area contributed by atoms with Crippen molar-refractivity contribution in [3.05, 3.63) is 12.5 Å². The van der Waals surface area contributed by atoms with Gasteiger partial charge in [0.05, 0.1) is 12.5 Å². The fourth-order valence-electron chi connectivity index (χ4n) is 2.10. The van der Waals surface area contributed by atoms with Crippen LogP contribution in [0, 0.1) is 5.92 Å². The molecule has 1 aliphatic heterocycles. The number of alkyl halides is 1. The highest BCUT2D eigenvalue weighted by Crippen LogP contribution is 2.27. The van der Waals surface area contributed by atoms with Crippen LogP contribution in [0.15, 0.2) is 17.6 Å². The van der Waals surface area contributed by atoms with E-state index in [1.54, 1.807) is 0 Å². The van der Waals surface area contributed by atoms with E-state index in [0.717, 1.165) is 12.8 Å². The number of hydrogen-bond donors (Lipinski definition) is 1. The highest BCUT2D eigenvalue weighted by atomic mass is 79.9. The van der Waals surface area contributed by atoms with Gasteiger partial charge in [0.2, 0.25) is 0 Å². The standard InChI is InChI=1S/C10H16BrN3O2S/c1-8(11)9-2-4-14(5-3-9)17(15,16)10-6-12-7-13-10/h6-9H,2-5H2,1H3,(H,12,13). The molecule has 0 saturated carbocycles. The molecule has 0 aromatic carbocycles. The summed E-state index contributed by atoms with van der Waals surface area (Å²) >= 11 is 3.56. The molecule has 1 N–H and O–H groups in total. The molecule has 2 heterocycles. The van der Waals surface area contributed by atoms with Gasteiger partial charge in [-0.2, -0.15) is 4.31 Å². The van der Waals surface area contributed by atoms with Crippen molar-refractivity contribution in [1.29, 1.82) is 0 Å². The predicted molar refractivity (Wildman–Crippen MR) is 68.5 cm³/mol. The van der Waals surface area contributed by atoms with E-state index in [1.807, 2.05) is 0 Å². The molecule has 1 aromatic heterocycles. The van der Waals surface area contributed by atoms with Crippen molar-refractivity contribution in [3.63, 3.8) is 0 Å². The second-order valence-electron chi connectivity index (χ2n) is 4.33. The zero-order chi connectivity index (χ0) is 12.5. The van der Waals surface area contributed by atoms with Gasteiger partial charge in [-0.05, 0) is 18.8 Å². The first-order valence-electron chi connectivity index (χ1n) is 5.64. The van der Waals surface area contributed by atoms with Crippen LogP contribution in [0.5, 0.6) is 0 Å². The molecule has 1 aliphatic rings. The molecule has 5 nitrogen and oxygen atoms in total. The molecule has 1 fully saturated rings. The Morgan fingerprint density at radius 1 is 1.53 bits per heavy atom. The Kier molecular flexibility index (Phi) is 3.89. The first kappa shape index (κ1) is 13.0. The molecule has 96 valence electrons. The molecule has 1 saturated heterocycles. The number of nitrogens with one attached hydrogen (secondary N) is 1. The van der Waals surface area contributed by atoms with Crippen molar-refractivity contribution in [2.75, 3.05) is 13.1 Å². The van der Waals surface area contributed by atoms with Crippen molar-refractivity contribution >= 4 is 26.0 Å². The van der Waals surface area contributed by atoms with Crippen LogP contribution in [-0.2, 0) is 10.0 Å². The van der Waals surface area contributed by atoms with Crippen LogP contribution in [0.2, 0.25) is 0 Å². The van der Waals surface area contributed by atoms with Crippen LogP contribution < -0.4 is 0 Å². The number of H-pyrrole nitrogens is 1. The lowest BCUT2D eigenvalue weighted by Crippen LogP contribution is -2.40. The van der Waals surface area contributed by atoms with Gasteiger partial charge in [-0.3, -0.25) is 0 Å². The van der Waals surface area contributed by atoms with E-state index >= 15 is 0 Å². The van der Waals surface area contributed by atoms with Crippen molar-refractivity contribution in [2.45, 2.75) is 29.6 Å². The molecule has 0 amide bonds. The third kappa shape index (κ3) is 2.71. The van der Waals surface area contributed by atoms with E-state index in [1.165, 1.54) is 16.8 Å². The first-order chi connectivity index (χ1) is 8.01. The molecule has 7 heteroatoms. The Morgan fingerprint density at radius 3 is 2.65 bits per heavy atom. The average molecular weight is 322 g/mol. The highest BCUT2D eigenvalue weighted by Gasteiger charge is 2.31. The normalized spacial score (nSPS) is 21.5. The summed E-state index contributed by atoms with van der Waals surface area (Å²) in [4.78, 5) is 6.86. The summed E-state index contributed by atoms with van der Waals surface area (Å²) < 4.78 is 25.9. The third-order valence-corrected chi connectivity index (χ3v) is 5.81. The van der Waals surface area contributed by atoms with Crippen molar-refractivity contribution in [2.24, 2.45) is 5.92 Å². The Bertz CT molecular complexity index is 450. The van der Waals surface area contributed by atoms with Crippen LogP contribution >= 0.6 is 15.9 Å². The largest absolute Gasteiger partial charge is 0.335 e. The lowest BCUT2D eigenvalue weighted by Gasteiger charge is -2.32. The number of halogens is 1. The molecule has 1 aromatic rings. The molecular formula is C10H16BrN3O2S. The molecular weight excluding hydrogens is 306 g/mol. The molecule has 0 spiro atoms. The quantitative estimate of drug-likeness (QED) is 0.860. The molecule has 0 aliphatic carbocycles. The molecule has 1 unspecified atom stereocenters. The van der Waals surface area contributed by atoms with E-state index in [0.29, 0.717) is 23.8 Å². The van der Waals surface area contributed by atoms with Gasteiger partial charge in [0.15, 0.2) is 5.03 Å². The van der Waals surface area contributed by atoms with Gasteiger partial charge in [-0.25, -0.2) is 13.4 Å². The molecule has 2 rings (SSSR count). The SMILES string of the molecule is CC(Br)C1CCN(S(=O)(=O)c2cnc[nH]2)CC1. The summed E-state index contributed by atoms with van der Waals surface area (Å²) in [6, 6.07) is 0. The number of rotatable bonds is 3. The topological polar surface area (TPSA) is 66.1 Å². The van der Waals surface area contributed by atoms with E-state index in [-0.39, 0.29) is 5.03 Å². The zero-order valence-electron chi connectivity index (χ0n) is 9.63. The van der Waals surface area contributed by atoms with Gasteiger partial charge >= 0.3 is 0 Å². The highest BCUT2D eigenvalue weighted by molar-refractivity contribution is 9.09. The number of sulfonamides is 1. The third-order valence-electron chi connectivity index (χ3n) is 3.24. The minimum atomic E-state index is -3.37. The maximum absolute atomic E-state index is 12.2. The molecule has 1 atom stereocenters. The van der Waals surface area contributed by atoms with Crippen LogP contribution in [0.1, 0.15) is 19.8 Å². The van der Waals surface area contributed by atoms with Crippen molar-refractivity contribution in [1.82, 2.24) is 14.3 Å². The zero-order valence-corrected chi connectivity index (χ0v) is 12.0. The molecule has 0 bridgehead atoms. The fourth-order valence-corrected chi connectivity index (χ4v) is 3.99. The smallest absolute Gasteiger partial charge is 0.260 e. The lowest BCUT2D eigenvalue weighted by atomic mass is 9.96. The summed E-state index contributed by atoms with van der Waals surface area (Å²) in [6.45, 7) is 3.29. The van der Waals surface area contributed by atoms with E-state index in [9.17, 15) is 8.42 Å². The summed E-state index contributed by atoms with van der Waals surface area (Å²) in [7, 11) is -3.37. The fraction of sp³-hybridized carbons (Fsp3) is 0.700. The van der Waals surface area contributed by atoms with Gasteiger partial charge in [0.1, 0.15) is 0 Å². The average Bonchev–Trinajstić information content (AvgIpc) is 2.83. The van der Waals surface area contributed by atoms with Gasteiger partial charge in [-0.15, -0.1) is 0 Å². The molecule has 17 heavy (non-hydrogen) atoms. The number of hydrogen-bond acceptors (Lipinski definition) is 3. The van der Waals surface area contributed by atoms with Gasteiger partial charge in [-0.1, -0.05) is 22.9 Å². The van der Waals surface area contributed by atoms with Crippen molar-refractivity contribution in [3.8, 4) is 0 Å². The number of imidazole rings is 1. The molecule has 0 radical (unpaired) electrons. The summed E-state index contributed by atoms with van der Waals surface area (Å²) in [5.41, 5.74) is 0. The number of nitrogens with zero attached hydrogens (tertiary/aromatic N) is 2. The number of piperidine rings is 1. The van der Waals surface area contributed by atoms with Crippen LogP contribution in [0.3, 0.4) is 0 Å². The minimum absolute atomic E-state index is 0.183. The van der Waals surface area contributed by atoms with Crippen molar-refractivity contribution < 1.29 is 8.42 Å². The Labute approximate surface area is 110 Å². The Balaban J connectivity index is 2.07. The van der Waals surface area contributed by atoms with Gasteiger partial charge in [0, 0.05) is 17.9 Å². The number of aromatic amines is 1. The van der Waals surface area contributed by atoms with Crippen LogP contribution in [0.25, 0.3) is 0 Å². The number of aromatic nitrogens is 2. The maximum atomic E-state index is 12.2. The summed E-state index contributed by atoms with van der Waals surface area (Å²) in [6.07, 6.45) is 4.55. The Hall–Kier alpha value is -0.400. The first-order valence-corrected chi connectivity index (χ1v) is 8.00. The Morgan fingerprint density at radius 2 is 2.18 bits per heavy atom. The summed E-state index contributed by atoms with van der Waals surface area (Å²) in [5, 5.41) is 0.183. The van der Waals surface area contributed by atoms with Gasteiger partial charge < -0.3 is 4.98 Å².